The fourth-order valence-corrected chi connectivity index (χ4v) is 0.0192. The fourth-order valence-electron chi connectivity index (χ4n) is 0.0192. The molecule has 0 bridgehead atoms. The maximum absolute atomic E-state index is 10.9. The van der Waals surface area contributed by atoms with Gasteiger partial charge in [0, 0.05) is 0 Å². The minimum Gasteiger partial charge on any atom is -0.262 e. The Kier molecular flexibility index (Phi) is 2.96. The summed E-state index contributed by atoms with van der Waals surface area (Å²) in [5, 5.41) is 14.3. The minimum absolute atomic E-state index is 2.45. The van der Waals surface area contributed by atoms with Crippen molar-refractivity contribution < 1.29 is 24.4 Å². The number of rotatable bonds is 2. The second-order valence-corrected chi connectivity index (χ2v) is 0.485. The summed E-state index contributed by atoms with van der Waals surface area (Å²) in [6.45, 7) is 0. The van der Waals surface area contributed by atoms with Crippen LogP contribution >= 0.6 is 0 Å². The first kappa shape index (κ1) is 5.83. The predicted molar refractivity (Wildman–Crippen MR) is 14.3 cm³/mol. The van der Waals surface area contributed by atoms with Crippen LogP contribution in [0.2, 0.25) is 0 Å². The summed E-state index contributed by atoms with van der Waals surface area (Å²) in [4.78, 5) is 5.52. The van der Waals surface area contributed by atoms with E-state index in [1.807, 2.05) is 0 Å². The van der Waals surface area contributed by atoms with Crippen LogP contribution in [0.1, 0.15) is 0 Å². The monoisotopic (exact) mass is 96.0 g/mol. The molecule has 0 aromatic rings. The molecule has 0 heterocycles. The Bertz CT molecular complexity index is 26.7. The minimum atomic E-state index is -2.45. The summed E-state index contributed by atoms with van der Waals surface area (Å²) in [6.07, 6.45) is 0. The molecule has 2 N–H and O–H groups in total. The Morgan fingerprint density at radius 2 is 1.67 bits per heavy atom. The fraction of sp³-hybridized carbons (Fsp3) is 0. The Morgan fingerprint density at radius 3 is 1.67 bits per heavy atom. The van der Waals surface area contributed by atoms with E-state index in [0.717, 1.165) is 0 Å². The third-order valence-corrected chi connectivity index (χ3v) is 0.166. The van der Waals surface area contributed by atoms with Crippen molar-refractivity contribution in [2.45, 2.75) is 0 Å². The van der Waals surface area contributed by atoms with E-state index in [1.165, 1.54) is 0 Å². The standard InChI is InChI=1S/BFH2O4/c2-1(5-3)6-4/h3-4H. The van der Waals surface area contributed by atoms with Crippen LogP contribution in [-0.4, -0.2) is 17.9 Å². The van der Waals surface area contributed by atoms with Gasteiger partial charge >= 0.3 is 7.40 Å². The van der Waals surface area contributed by atoms with E-state index >= 15 is 0 Å². The van der Waals surface area contributed by atoms with Crippen LogP contribution in [0.3, 0.4) is 0 Å². The largest absolute Gasteiger partial charge is 0.737 e. The highest BCUT2D eigenvalue weighted by atomic mass is 19.1. The van der Waals surface area contributed by atoms with Crippen LogP contribution in [0.5, 0.6) is 0 Å². The van der Waals surface area contributed by atoms with Gasteiger partial charge in [-0.3, -0.25) is 14.8 Å². The van der Waals surface area contributed by atoms with Crippen molar-refractivity contribution in [3.05, 3.63) is 0 Å². The van der Waals surface area contributed by atoms with Gasteiger partial charge in [0.2, 0.25) is 0 Å². The zero-order chi connectivity index (χ0) is 4.99. The second-order valence-electron chi connectivity index (χ2n) is 0.485. The lowest BCUT2D eigenvalue weighted by Crippen LogP contribution is -2.11. The maximum Gasteiger partial charge on any atom is 0.737 e. The summed E-state index contributed by atoms with van der Waals surface area (Å²) in [5.41, 5.74) is 0. The van der Waals surface area contributed by atoms with Gasteiger partial charge in [-0.2, -0.15) is 0 Å². The maximum atomic E-state index is 10.9. The molecule has 0 aromatic carbocycles. The molecule has 0 saturated heterocycles. The van der Waals surface area contributed by atoms with Gasteiger partial charge < -0.3 is 0 Å². The Morgan fingerprint density at radius 1 is 1.33 bits per heavy atom. The van der Waals surface area contributed by atoms with E-state index in [-0.39, 0.29) is 0 Å². The molecule has 6 heteroatoms. The van der Waals surface area contributed by atoms with Gasteiger partial charge in [0.05, 0.1) is 0 Å². The van der Waals surface area contributed by atoms with E-state index in [0.29, 0.717) is 0 Å². The average molecular weight is 95.8 g/mol. The van der Waals surface area contributed by atoms with E-state index in [2.05, 4.69) is 9.61 Å². The molecule has 0 aliphatic rings. The molecule has 6 heavy (non-hydrogen) atoms. The van der Waals surface area contributed by atoms with Gasteiger partial charge in [0.25, 0.3) is 0 Å². The number of hydrogen-bond acceptors (Lipinski definition) is 4. The SMILES string of the molecule is OOB(F)OO. The average Bonchev–Trinajstić information content (AvgIpc) is 1.65. The van der Waals surface area contributed by atoms with Gasteiger partial charge in [-0.15, -0.1) is 0 Å². The molecule has 0 spiro atoms. The Labute approximate surface area is 33.2 Å². The zero-order valence-electron chi connectivity index (χ0n) is 2.67. The van der Waals surface area contributed by atoms with Crippen LogP contribution in [0.25, 0.3) is 0 Å². The lowest BCUT2D eigenvalue weighted by Gasteiger charge is -1.86. The van der Waals surface area contributed by atoms with Gasteiger partial charge in [0.15, 0.2) is 0 Å². The third-order valence-electron chi connectivity index (χ3n) is 0.166. The van der Waals surface area contributed by atoms with Crippen LogP contribution in [0, 0.1) is 0 Å². The van der Waals surface area contributed by atoms with E-state index in [4.69, 9.17) is 10.5 Å². The van der Waals surface area contributed by atoms with Crippen LogP contribution in [-0.2, 0) is 9.61 Å². The highest BCUT2D eigenvalue weighted by Gasteiger charge is 2.16. The summed E-state index contributed by atoms with van der Waals surface area (Å²) in [6, 6.07) is 0. The first-order chi connectivity index (χ1) is 2.81. The van der Waals surface area contributed by atoms with Crippen molar-refractivity contribution in [3.63, 3.8) is 0 Å². The molecule has 0 radical (unpaired) electrons. The van der Waals surface area contributed by atoms with Crippen LogP contribution < -0.4 is 0 Å². The van der Waals surface area contributed by atoms with Gasteiger partial charge in [-0.25, -0.2) is 9.61 Å². The highest BCUT2D eigenvalue weighted by Crippen LogP contribution is 1.80. The van der Waals surface area contributed by atoms with E-state index < -0.39 is 7.40 Å². The summed E-state index contributed by atoms with van der Waals surface area (Å²) < 4.78 is 10.9. The van der Waals surface area contributed by atoms with Crippen molar-refractivity contribution in [2.75, 3.05) is 0 Å². The molecule has 0 fully saturated rings. The van der Waals surface area contributed by atoms with Crippen molar-refractivity contribution >= 4 is 7.40 Å². The summed E-state index contributed by atoms with van der Waals surface area (Å²) >= 11 is 0. The number of hydrogen-bond donors (Lipinski definition) is 2. The lowest BCUT2D eigenvalue weighted by atomic mass is 10.3. The van der Waals surface area contributed by atoms with Gasteiger partial charge in [-0.05, 0) is 0 Å². The third kappa shape index (κ3) is 2.10. The van der Waals surface area contributed by atoms with Crippen LogP contribution in [0.15, 0.2) is 0 Å². The molecule has 0 aliphatic carbocycles. The molecule has 0 amide bonds. The van der Waals surface area contributed by atoms with Crippen molar-refractivity contribution in [1.29, 1.82) is 0 Å². The molecule has 0 saturated carbocycles. The molecule has 0 atom stereocenters. The van der Waals surface area contributed by atoms with E-state index in [9.17, 15) is 4.32 Å². The molecule has 4 nitrogen and oxygen atoms in total. The molecule has 0 aromatic heterocycles. The number of halogens is 1. The Balaban J connectivity index is 2.75. The first-order valence-electron chi connectivity index (χ1n) is 1.05. The predicted octanol–water partition coefficient (Wildman–Crippen LogP) is -0.0800. The first-order valence-corrected chi connectivity index (χ1v) is 1.05. The zero-order valence-corrected chi connectivity index (χ0v) is 2.67. The van der Waals surface area contributed by atoms with Gasteiger partial charge in [0.1, 0.15) is 0 Å². The molecule has 36 valence electrons. The highest BCUT2D eigenvalue weighted by molar-refractivity contribution is 6.34. The summed E-state index contributed by atoms with van der Waals surface area (Å²) in [5.74, 6) is 0. The smallest absolute Gasteiger partial charge is 0.262 e. The molecule has 0 rings (SSSR count). The second kappa shape index (κ2) is 3.04. The van der Waals surface area contributed by atoms with Crippen molar-refractivity contribution in [3.8, 4) is 0 Å². The van der Waals surface area contributed by atoms with E-state index in [1.54, 1.807) is 0 Å². The molecular formula is H2BFO4. The van der Waals surface area contributed by atoms with Crippen LogP contribution in [0.4, 0.5) is 4.32 Å². The summed E-state index contributed by atoms with van der Waals surface area (Å²) in [7, 11) is -2.45. The lowest BCUT2D eigenvalue weighted by molar-refractivity contribution is -0.238. The normalized spacial score (nSPS) is 8.50. The van der Waals surface area contributed by atoms with Crippen molar-refractivity contribution in [2.24, 2.45) is 0 Å². The topological polar surface area (TPSA) is 58.9 Å². The van der Waals surface area contributed by atoms with Gasteiger partial charge in [-0.1, -0.05) is 0 Å². The molecular weight excluding hydrogens is 93.8 g/mol. The molecule has 0 unspecified atom stereocenters. The Hall–Kier alpha value is -0.165. The molecule has 0 aliphatic heterocycles. The van der Waals surface area contributed by atoms with Crippen molar-refractivity contribution in [1.82, 2.24) is 0 Å². The quantitative estimate of drug-likeness (QED) is 0.286.